The van der Waals surface area contributed by atoms with Crippen molar-refractivity contribution in [1.29, 1.82) is 0 Å². The highest BCUT2D eigenvalue weighted by atomic mass is 35.5. The smallest absolute Gasteiger partial charge is 0.251 e. The molecule has 0 aliphatic carbocycles. The minimum absolute atomic E-state index is 0.0312. The van der Waals surface area contributed by atoms with E-state index in [1.54, 1.807) is 4.90 Å². The minimum atomic E-state index is -0.602. The number of fused-ring (bicyclic) bond motifs is 2. The van der Waals surface area contributed by atoms with Crippen LogP contribution in [0.15, 0.2) is 78.4 Å². The van der Waals surface area contributed by atoms with Gasteiger partial charge in [0.25, 0.3) is 5.91 Å². The molecule has 5 rings (SSSR count). The molecule has 3 aromatic carbocycles. The summed E-state index contributed by atoms with van der Waals surface area (Å²) in [6, 6.07) is 22.6. The van der Waals surface area contributed by atoms with E-state index >= 15 is 0 Å². The highest BCUT2D eigenvalue weighted by Gasteiger charge is 2.41. The molecule has 0 radical (unpaired) electrons. The van der Waals surface area contributed by atoms with Crippen molar-refractivity contribution >= 4 is 46.5 Å². The second-order valence-corrected chi connectivity index (χ2v) is 14.6. The Bertz CT molecular complexity index is 1690. The molecule has 3 aromatic rings. The SMILES string of the molecule is CC(=O)NC(CC(C)C)C(=O)N1C[C@H]2CC(c3ccc(CCCOc4ccccc4Cl)cc3)=C(C(=O)N(C)CCc3ccccc3Cl)[C@@H](C1)N2. The van der Waals surface area contributed by atoms with Crippen LogP contribution in [0, 0.1) is 5.92 Å². The number of benzene rings is 3. The first kappa shape index (κ1) is 37.4. The number of aryl methyl sites for hydroxylation is 1. The van der Waals surface area contributed by atoms with Crippen molar-refractivity contribution in [2.45, 2.75) is 71.0 Å². The molecule has 2 aliphatic heterocycles. The first-order valence-corrected chi connectivity index (χ1v) is 18.3. The molecule has 0 saturated carbocycles. The first-order valence-electron chi connectivity index (χ1n) is 17.5. The molecule has 2 N–H and O–H groups in total. The van der Waals surface area contributed by atoms with Crippen molar-refractivity contribution in [2.24, 2.45) is 5.92 Å². The molecule has 8 nitrogen and oxygen atoms in total. The zero-order chi connectivity index (χ0) is 35.8. The van der Waals surface area contributed by atoms with Gasteiger partial charge in [-0.05, 0) is 78.5 Å². The minimum Gasteiger partial charge on any atom is -0.492 e. The molecule has 2 aliphatic rings. The fraction of sp³-hybridized carbons (Fsp3) is 0.425. The number of likely N-dealkylation sites (N-methyl/N-ethyl adjacent to an activating group) is 1. The summed E-state index contributed by atoms with van der Waals surface area (Å²) in [6.45, 7) is 7.41. The van der Waals surface area contributed by atoms with Gasteiger partial charge in [-0.2, -0.15) is 0 Å². The molecular weight excluding hydrogens is 671 g/mol. The third kappa shape index (κ3) is 9.68. The number of nitrogens with one attached hydrogen (secondary N) is 2. The normalized spacial score (nSPS) is 17.8. The summed E-state index contributed by atoms with van der Waals surface area (Å²) in [5.74, 6) is 0.516. The Kier molecular flexibility index (Phi) is 13.0. The van der Waals surface area contributed by atoms with Gasteiger partial charge >= 0.3 is 0 Å². The number of carbonyl (C=O) groups is 3. The number of para-hydroxylation sites is 1. The summed E-state index contributed by atoms with van der Waals surface area (Å²) in [5, 5.41) is 7.82. The standard InChI is InChI=1S/C40H48Cl2N4O4/c1-26(2)22-35(43-27(3)47)39(48)46-24-31-23-32(29-17-15-28(16-18-29)10-9-21-50-37-14-8-7-13-34(37)42)38(36(25-46)44-31)40(49)45(4)20-19-30-11-5-6-12-33(30)41/h5-8,11-18,26,31,35-36,44H,9-10,19-25H2,1-4H3,(H,43,47)/t31-,35?,36-/m1/s1. The Hall–Kier alpha value is -3.85. The number of piperazine rings is 1. The maximum atomic E-state index is 14.4. The fourth-order valence-electron chi connectivity index (χ4n) is 6.89. The van der Waals surface area contributed by atoms with Crippen molar-refractivity contribution in [3.05, 3.63) is 105 Å². The predicted octanol–water partition coefficient (Wildman–Crippen LogP) is 6.58. The van der Waals surface area contributed by atoms with Crippen molar-refractivity contribution in [3.8, 4) is 5.75 Å². The van der Waals surface area contributed by atoms with Crippen LogP contribution in [-0.4, -0.2) is 78.9 Å². The zero-order valence-electron chi connectivity index (χ0n) is 29.4. The van der Waals surface area contributed by atoms with Crippen molar-refractivity contribution in [1.82, 2.24) is 20.4 Å². The second-order valence-electron chi connectivity index (χ2n) is 13.8. The van der Waals surface area contributed by atoms with E-state index in [0.29, 0.717) is 66.9 Å². The van der Waals surface area contributed by atoms with E-state index in [-0.39, 0.29) is 35.7 Å². The second kappa shape index (κ2) is 17.4. The molecule has 50 heavy (non-hydrogen) atoms. The summed E-state index contributed by atoms with van der Waals surface area (Å²) < 4.78 is 5.87. The molecule has 2 bridgehead atoms. The number of rotatable bonds is 14. The molecular formula is C40H48Cl2N4O4. The lowest BCUT2D eigenvalue weighted by Gasteiger charge is -2.45. The molecule has 1 fully saturated rings. The molecule has 1 unspecified atom stereocenters. The summed E-state index contributed by atoms with van der Waals surface area (Å²) in [5.41, 5.74) is 4.87. The Labute approximate surface area is 306 Å². The molecule has 266 valence electrons. The maximum absolute atomic E-state index is 14.4. The number of ether oxygens (including phenoxy) is 1. The third-order valence-corrected chi connectivity index (χ3v) is 10.0. The Morgan fingerprint density at radius 3 is 2.34 bits per heavy atom. The van der Waals surface area contributed by atoms with Crippen LogP contribution >= 0.6 is 23.2 Å². The summed E-state index contributed by atoms with van der Waals surface area (Å²) in [7, 11) is 1.82. The average molecular weight is 720 g/mol. The lowest BCUT2D eigenvalue weighted by Crippen LogP contribution is -2.64. The van der Waals surface area contributed by atoms with Crippen molar-refractivity contribution < 1.29 is 19.1 Å². The number of halogens is 2. The van der Waals surface area contributed by atoms with Gasteiger partial charge in [-0.15, -0.1) is 0 Å². The molecule has 0 spiro atoms. The van der Waals surface area contributed by atoms with E-state index in [2.05, 4.69) is 34.9 Å². The lowest BCUT2D eigenvalue weighted by atomic mass is 9.82. The van der Waals surface area contributed by atoms with Gasteiger partial charge < -0.3 is 25.2 Å². The highest BCUT2D eigenvalue weighted by Crippen LogP contribution is 2.35. The van der Waals surface area contributed by atoms with Crippen LogP contribution in [0.2, 0.25) is 10.0 Å². The van der Waals surface area contributed by atoms with Crippen molar-refractivity contribution in [2.75, 3.05) is 33.3 Å². The van der Waals surface area contributed by atoms with Gasteiger partial charge in [0, 0.05) is 50.2 Å². The van der Waals surface area contributed by atoms with Crippen LogP contribution in [0.5, 0.6) is 5.75 Å². The molecule has 0 aromatic heterocycles. The van der Waals surface area contributed by atoms with Crippen LogP contribution in [-0.2, 0) is 27.2 Å². The van der Waals surface area contributed by atoms with E-state index in [1.165, 1.54) is 12.5 Å². The zero-order valence-corrected chi connectivity index (χ0v) is 30.9. The number of amides is 3. The van der Waals surface area contributed by atoms with Gasteiger partial charge in [0.05, 0.1) is 17.7 Å². The van der Waals surface area contributed by atoms with Gasteiger partial charge in [-0.3, -0.25) is 14.4 Å². The topological polar surface area (TPSA) is 91.0 Å². The monoisotopic (exact) mass is 718 g/mol. The van der Waals surface area contributed by atoms with E-state index in [9.17, 15) is 14.4 Å². The Morgan fingerprint density at radius 1 is 0.960 bits per heavy atom. The average Bonchev–Trinajstić information content (AvgIpc) is 3.09. The molecule has 10 heteroatoms. The van der Waals surface area contributed by atoms with Gasteiger partial charge in [0.1, 0.15) is 11.8 Å². The summed E-state index contributed by atoms with van der Waals surface area (Å²) in [6.07, 6.45) is 3.45. The molecule has 3 atom stereocenters. The quantitative estimate of drug-likeness (QED) is 0.184. The van der Waals surface area contributed by atoms with Gasteiger partial charge in [-0.25, -0.2) is 0 Å². The number of carbonyl (C=O) groups excluding carboxylic acids is 3. The van der Waals surface area contributed by atoms with Crippen molar-refractivity contribution in [3.63, 3.8) is 0 Å². The molecule has 3 amide bonds. The first-order chi connectivity index (χ1) is 24.0. The van der Waals surface area contributed by atoms with Crippen LogP contribution in [0.3, 0.4) is 0 Å². The highest BCUT2D eigenvalue weighted by molar-refractivity contribution is 6.32. The van der Waals surface area contributed by atoms with E-state index < -0.39 is 6.04 Å². The van der Waals surface area contributed by atoms with Crippen LogP contribution in [0.4, 0.5) is 0 Å². The Balaban J connectivity index is 1.36. The number of hydrogen-bond donors (Lipinski definition) is 2. The van der Waals surface area contributed by atoms with E-state index in [4.69, 9.17) is 27.9 Å². The lowest BCUT2D eigenvalue weighted by molar-refractivity contribution is -0.138. The summed E-state index contributed by atoms with van der Waals surface area (Å²) in [4.78, 5) is 43.8. The molecule has 1 saturated heterocycles. The largest absolute Gasteiger partial charge is 0.492 e. The van der Waals surface area contributed by atoms with Crippen LogP contribution in [0.25, 0.3) is 5.57 Å². The van der Waals surface area contributed by atoms with Gasteiger partial charge in [0.2, 0.25) is 11.8 Å². The number of hydrogen-bond acceptors (Lipinski definition) is 5. The van der Waals surface area contributed by atoms with E-state index in [1.807, 2.05) is 74.3 Å². The maximum Gasteiger partial charge on any atom is 0.251 e. The van der Waals surface area contributed by atoms with Crippen LogP contribution in [0.1, 0.15) is 56.7 Å². The Morgan fingerprint density at radius 2 is 1.66 bits per heavy atom. The molecule has 2 heterocycles. The number of nitrogens with zero attached hydrogens (tertiary/aromatic N) is 2. The van der Waals surface area contributed by atoms with E-state index in [0.717, 1.165) is 29.5 Å². The van der Waals surface area contributed by atoms with Crippen LogP contribution < -0.4 is 15.4 Å². The summed E-state index contributed by atoms with van der Waals surface area (Å²) >= 11 is 12.7. The fourth-order valence-corrected chi connectivity index (χ4v) is 7.32. The predicted molar refractivity (Wildman–Crippen MR) is 200 cm³/mol. The third-order valence-electron chi connectivity index (χ3n) is 9.36. The van der Waals surface area contributed by atoms with Gasteiger partial charge in [0.15, 0.2) is 0 Å². The van der Waals surface area contributed by atoms with Gasteiger partial charge in [-0.1, -0.05) is 91.6 Å².